The summed E-state index contributed by atoms with van der Waals surface area (Å²) < 4.78 is 27.5. The van der Waals surface area contributed by atoms with E-state index in [-0.39, 0.29) is 15.9 Å². The smallest absolute Gasteiger partial charge is 0.271 e. The fourth-order valence-corrected chi connectivity index (χ4v) is 5.67. The van der Waals surface area contributed by atoms with Gasteiger partial charge >= 0.3 is 0 Å². The predicted molar refractivity (Wildman–Crippen MR) is 132 cm³/mol. The molecule has 1 unspecified atom stereocenters. The van der Waals surface area contributed by atoms with Gasteiger partial charge in [0.1, 0.15) is 4.21 Å². The maximum absolute atomic E-state index is 13.0. The first kappa shape index (κ1) is 23.5. The van der Waals surface area contributed by atoms with Crippen LogP contribution in [0.4, 0.5) is 5.69 Å². The molecule has 1 atom stereocenters. The second kappa shape index (κ2) is 9.30. The predicted octanol–water partition coefficient (Wildman–Crippen LogP) is 6.27. The second-order valence-corrected chi connectivity index (χ2v) is 11.1. The van der Waals surface area contributed by atoms with Crippen LogP contribution in [0, 0.1) is 6.92 Å². The molecule has 2 N–H and O–H groups in total. The number of halogens is 2. The molecule has 6 nitrogen and oxygen atoms in total. The molecule has 1 aromatic carbocycles. The van der Waals surface area contributed by atoms with E-state index in [9.17, 15) is 13.2 Å². The van der Waals surface area contributed by atoms with Crippen LogP contribution in [0.2, 0.25) is 10.0 Å². The van der Waals surface area contributed by atoms with E-state index in [0.717, 1.165) is 28.3 Å². The molecule has 0 aliphatic rings. The summed E-state index contributed by atoms with van der Waals surface area (Å²) in [5, 5.41) is 2.41. The van der Waals surface area contributed by atoms with Gasteiger partial charge in [-0.15, -0.1) is 11.3 Å². The van der Waals surface area contributed by atoms with Crippen molar-refractivity contribution in [1.82, 2.24) is 9.97 Å². The molecular weight excluding hydrogens is 501 g/mol. The van der Waals surface area contributed by atoms with E-state index in [2.05, 4.69) is 14.7 Å². The number of pyridine rings is 1. The Labute approximate surface area is 205 Å². The molecule has 4 rings (SSSR count). The molecule has 4 aromatic rings. The van der Waals surface area contributed by atoms with Gasteiger partial charge in [-0.1, -0.05) is 36.2 Å². The van der Waals surface area contributed by atoms with Gasteiger partial charge in [-0.25, -0.2) is 8.42 Å². The molecular formula is C23H19Cl2N3O3S2. The number of thiophene rings is 1. The van der Waals surface area contributed by atoms with Crippen LogP contribution in [0.25, 0.3) is 0 Å². The highest BCUT2D eigenvalue weighted by Gasteiger charge is 2.20. The van der Waals surface area contributed by atoms with Gasteiger partial charge in [0, 0.05) is 22.9 Å². The van der Waals surface area contributed by atoms with Gasteiger partial charge in [-0.2, -0.15) is 0 Å². The lowest BCUT2D eigenvalue weighted by molar-refractivity contribution is 0.103. The van der Waals surface area contributed by atoms with E-state index in [1.54, 1.807) is 47.8 Å². The van der Waals surface area contributed by atoms with Crippen LogP contribution in [-0.4, -0.2) is 24.2 Å². The Morgan fingerprint density at radius 2 is 1.91 bits per heavy atom. The Bertz CT molecular complexity index is 1410. The molecule has 10 heteroatoms. The van der Waals surface area contributed by atoms with Gasteiger partial charge in [0.2, 0.25) is 5.78 Å². The minimum atomic E-state index is -3.63. The zero-order valence-corrected chi connectivity index (χ0v) is 20.7. The number of aryl methyl sites for hydroxylation is 1. The van der Waals surface area contributed by atoms with Crippen LogP contribution in [0.1, 0.15) is 45.8 Å². The van der Waals surface area contributed by atoms with Crippen LogP contribution in [0.5, 0.6) is 0 Å². The number of H-pyrrole nitrogens is 1. The Morgan fingerprint density at radius 3 is 2.55 bits per heavy atom. The number of sulfonamides is 1. The number of carbonyl (C=O) groups excluding carboxylic acids is 1. The molecule has 0 aliphatic heterocycles. The number of aromatic amines is 1. The number of ketones is 1. The van der Waals surface area contributed by atoms with Gasteiger partial charge in [-0.3, -0.25) is 14.5 Å². The number of aromatic nitrogens is 2. The molecule has 0 radical (unpaired) electrons. The summed E-state index contributed by atoms with van der Waals surface area (Å²) in [5.41, 5.74) is 3.62. The maximum Gasteiger partial charge on any atom is 0.271 e. The van der Waals surface area contributed by atoms with Crippen molar-refractivity contribution in [3.8, 4) is 0 Å². The van der Waals surface area contributed by atoms with Crippen LogP contribution >= 0.6 is 34.5 Å². The first-order valence-electron chi connectivity index (χ1n) is 9.87. The third-order valence-corrected chi connectivity index (χ3v) is 8.67. The normalized spacial score (nSPS) is 12.5. The fraction of sp³-hybridized carbons (Fsp3) is 0.130. The number of anilines is 1. The first-order valence-corrected chi connectivity index (χ1v) is 13.0. The molecule has 3 heterocycles. The maximum atomic E-state index is 13.0. The molecule has 0 amide bonds. The monoisotopic (exact) mass is 519 g/mol. The summed E-state index contributed by atoms with van der Waals surface area (Å²) in [6.45, 7) is 3.81. The third kappa shape index (κ3) is 4.99. The highest BCUT2D eigenvalue weighted by molar-refractivity contribution is 7.94. The lowest BCUT2D eigenvalue weighted by atomic mass is 10.0. The van der Waals surface area contributed by atoms with E-state index in [1.165, 1.54) is 6.20 Å². The van der Waals surface area contributed by atoms with E-state index in [1.807, 2.05) is 19.9 Å². The van der Waals surface area contributed by atoms with Crippen molar-refractivity contribution in [2.45, 2.75) is 24.0 Å². The fourth-order valence-electron chi connectivity index (χ4n) is 3.34. The average Bonchev–Trinajstić information content (AvgIpc) is 3.46. The molecule has 0 spiro atoms. The minimum absolute atomic E-state index is 0.151. The van der Waals surface area contributed by atoms with Crippen molar-refractivity contribution < 1.29 is 13.2 Å². The Hall–Kier alpha value is -2.65. The molecule has 3 aromatic heterocycles. The SMILES string of the molecule is Cc1cc(C(C)c2ccc(NS(=O)(=O)c3cccs3)cn2)[nH]c1C(=O)c1ccc(Cl)c(Cl)c1. The largest absolute Gasteiger partial charge is 0.355 e. The quantitative estimate of drug-likeness (QED) is 0.281. The lowest BCUT2D eigenvalue weighted by Crippen LogP contribution is -2.12. The number of hydrogen-bond acceptors (Lipinski definition) is 5. The van der Waals surface area contributed by atoms with Gasteiger partial charge in [0.25, 0.3) is 10.0 Å². The number of hydrogen-bond donors (Lipinski definition) is 2. The number of nitrogens with zero attached hydrogens (tertiary/aromatic N) is 1. The van der Waals surface area contributed by atoms with Gasteiger partial charge < -0.3 is 4.98 Å². The third-order valence-electron chi connectivity index (χ3n) is 5.15. The van der Waals surface area contributed by atoms with Crippen LogP contribution in [-0.2, 0) is 10.0 Å². The molecule has 33 heavy (non-hydrogen) atoms. The van der Waals surface area contributed by atoms with Crippen molar-refractivity contribution in [1.29, 1.82) is 0 Å². The molecule has 0 saturated heterocycles. The van der Waals surface area contributed by atoms with Crippen molar-refractivity contribution >= 4 is 56.0 Å². The lowest BCUT2D eigenvalue weighted by Gasteiger charge is -2.11. The van der Waals surface area contributed by atoms with Gasteiger partial charge in [0.05, 0.1) is 27.6 Å². The van der Waals surface area contributed by atoms with E-state index in [4.69, 9.17) is 23.2 Å². The second-order valence-electron chi connectivity index (χ2n) is 7.47. The highest BCUT2D eigenvalue weighted by Crippen LogP contribution is 2.28. The zero-order chi connectivity index (χ0) is 23.8. The van der Waals surface area contributed by atoms with Crippen molar-refractivity contribution in [3.05, 3.63) is 98.4 Å². The Balaban J connectivity index is 1.53. The van der Waals surface area contributed by atoms with Crippen molar-refractivity contribution in [2.24, 2.45) is 0 Å². The van der Waals surface area contributed by atoms with E-state index in [0.29, 0.717) is 27.0 Å². The standard InChI is InChI=1S/C23H19Cl2N3O3S2/c1-13-10-20(27-22(13)23(29)15-5-7-17(24)18(25)11-15)14(2)19-8-6-16(12-26-19)28-33(30,31)21-4-3-9-32-21/h3-12,14,27-28H,1-2H3. The summed E-state index contributed by atoms with van der Waals surface area (Å²) in [6, 6.07) is 13.3. The molecule has 0 saturated carbocycles. The Kier molecular flexibility index (Phi) is 6.63. The summed E-state index contributed by atoms with van der Waals surface area (Å²) >= 11 is 13.2. The molecule has 0 bridgehead atoms. The van der Waals surface area contributed by atoms with Crippen molar-refractivity contribution in [2.75, 3.05) is 4.72 Å². The van der Waals surface area contributed by atoms with Crippen LogP contribution in [0.15, 0.2) is 64.3 Å². The highest BCUT2D eigenvalue weighted by atomic mass is 35.5. The van der Waals surface area contributed by atoms with E-state index >= 15 is 0 Å². The zero-order valence-electron chi connectivity index (χ0n) is 17.6. The summed E-state index contributed by atoms with van der Waals surface area (Å²) in [7, 11) is -3.63. The minimum Gasteiger partial charge on any atom is -0.355 e. The topological polar surface area (TPSA) is 91.9 Å². The molecule has 0 aliphatic carbocycles. The van der Waals surface area contributed by atoms with E-state index < -0.39 is 10.0 Å². The van der Waals surface area contributed by atoms with Crippen molar-refractivity contribution in [3.63, 3.8) is 0 Å². The number of benzene rings is 1. The number of nitrogens with one attached hydrogen (secondary N) is 2. The first-order chi connectivity index (χ1) is 15.7. The van der Waals surface area contributed by atoms with Gasteiger partial charge in [0.15, 0.2) is 0 Å². The van der Waals surface area contributed by atoms with Crippen LogP contribution < -0.4 is 4.72 Å². The average molecular weight is 520 g/mol. The summed E-state index contributed by atoms with van der Waals surface area (Å²) in [6.07, 6.45) is 1.48. The number of rotatable bonds is 7. The summed E-state index contributed by atoms with van der Waals surface area (Å²) in [4.78, 5) is 20.6. The summed E-state index contributed by atoms with van der Waals surface area (Å²) in [5.74, 6) is -0.335. The van der Waals surface area contributed by atoms with Crippen LogP contribution in [0.3, 0.4) is 0 Å². The number of carbonyl (C=O) groups is 1. The molecule has 170 valence electrons. The molecule has 0 fully saturated rings. The Morgan fingerprint density at radius 1 is 1.12 bits per heavy atom. The van der Waals surface area contributed by atoms with Gasteiger partial charge in [-0.05, 0) is 60.3 Å².